The van der Waals surface area contributed by atoms with E-state index in [9.17, 15) is 4.79 Å². The molecule has 33 heavy (non-hydrogen) atoms. The van der Waals surface area contributed by atoms with Gasteiger partial charge in [0.05, 0.1) is 0 Å². The first-order valence-electron chi connectivity index (χ1n) is 12.2. The number of carbonyl (C=O) groups excluding carboxylic acids is 1. The van der Waals surface area contributed by atoms with Crippen molar-refractivity contribution in [2.24, 2.45) is 0 Å². The molecule has 0 N–H and O–H groups in total. The highest BCUT2D eigenvalue weighted by atomic mass is 31.1. The molecule has 0 saturated carbocycles. The monoisotopic (exact) mass is 484 g/mol. The second-order valence-corrected chi connectivity index (χ2v) is 17.1. The van der Waals surface area contributed by atoms with Crippen molar-refractivity contribution in [1.29, 1.82) is 0 Å². The Kier molecular flexibility index (Phi) is 6.97. The fourth-order valence-corrected chi connectivity index (χ4v) is 12.4. The molecule has 0 amide bonds. The minimum absolute atomic E-state index is 0.428. The van der Waals surface area contributed by atoms with Crippen molar-refractivity contribution >= 4 is 32.7 Å². The van der Waals surface area contributed by atoms with E-state index in [2.05, 4.69) is 85.7 Å². The molecule has 0 fully saturated rings. The summed E-state index contributed by atoms with van der Waals surface area (Å²) in [7, 11) is -0.856. The summed E-state index contributed by atoms with van der Waals surface area (Å²) in [4.78, 5) is 12.6. The van der Waals surface area contributed by atoms with Crippen LogP contribution in [0.2, 0.25) is 0 Å². The zero-order valence-electron chi connectivity index (χ0n) is 21.3. The molecule has 4 rings (SSSR count). The lowest BCUT2D eigenvalue weighted by Gasteiger charge is -2.36. The first kappa shape index (κ1) is 24.7. The maximum Gasteiger partial charge on any atom is 0.171 e. The Morgan fingerprint density at radius 3 is 1.70 bits per heavy atom. The van der Waals surface area contributed by atoms with Crippen molar-refractivity contribution in [3.05, 3.63) is 47.5 Å². The van der Waals surface area contributed by atoms with Crippen molar-refractivity contribution in [2.45, 2.75) is 89.5 Å². The second-order valence-electron chi connectivity index (χ2n) is 10.4. The van der Waals surface area contributed by atoms with Crippen LogP contribution in [0.15, 0.2) is 36.4 Å². The quantitative estimate of drug-likeness (QED) is 0.348. The predicted molar refractivity (Wildman–Crippen MR) is 143 cm³/mol. The minimum Gasteiger partial charge on any atom is -0.492 e. The fraction of sp³-hybridized carbons (Fsp3) is 0.536. The van der Waals surface area contributed by atoms with Gasteiger partial charge in [0.2, 0.25) is 0 Å². The van der Waals surface area contributed by atoms with E-state index in [0.29, 0.717) is 29.2 Å². The largest absolute Gasteiger partial charge is 0.492 e. The molecule has 3 nitrogen and oxygen atoms in total. The van der Waals surface area contributed by atoms with Crippen LogP contribution in [0.5, 0.6) is 11.5 Å². The van der Waals surface area contributed by atoms with Gasteiger partial charge in [-0.25, -0.2) is 0 Å². The zero-order chi connectivity index (χ0) is 24.1. The number of carbonyl (C=O) groups is 1. The Hall–Kier alpha value is -1.43. The van der Waals surface area contributed by atoms with Gasteiger partial charge in [-0.1, -0.05) is 95.5 Å². The number of hydrogen-bond donors (Lipinski definition) is 0. The molecule has 2 aromatic rings. The standard InChI is InChI=1S/C28H38O3P2/c1-17(2)32(18(3)4)23-13-9-11-21-26(23)28(16-30-21)25(15-29)31-22-12-10-14-24(27(22)28)33(19(5)6)20(7)8/h9-15,17-20,25H,16H2,1-8H3/t25-,28?/m1/s1. The van der Waals surface area contributed by atoms with E-state index in [4.69, 9.17) is 9.47 Å². The number of rotatable bonds is 7. The van der Waals surface area contributed by atoms with Crippen LogP contribution < -0.4 is 20.1 Å². The average Bonchev–Trinajstić information content (AvgIpc) is 3.27. The summed E-state index contributed by atoms with van der Waals surface area (Å²) < 4.78 is 12.8. The van der Waals surface area contributed by atoms with E-state index in [1.54, 1.807) is 0 Å². The Morgan fingerprint density at radius 2 is 1.24 bits per heavy atom. The maximum absolute atomic E-state index is 12.6. The van der Waals surface area contributed by atoms with E-state index >= 15 is 0 Å². The van der Waals surface area contributed by atoms with E-state index in [0.717, 1.165) is 17.8 Å². The molecule has 0 aliphatic carbocycles. The van der Waals surface area contributed by atoms with Crippen LogP contribution in [-0.2, 0) is 10.2 Å². The molecule has 0 aromatic heterocycles. The molecule has 1 unspecified atom stereocenters. The SMILES string of the molecule is CC(C)P(c1cccc2c1C1(CO2)c2c(cccc2P(C(C)C)C(C)C)O[C@@H]1C=O)C(C)C. The normalized spacial score (nSPS) is 21.5. The van der Waals surface area contributed by atoms with E-state index in [1.165, 1.54) is 21.7 Å². The van der Waals surface area contributed by atoms with E-state index < -0.39 is 27.4 Å². The first-order valence-corrected chi connectivity index (χ1v) is 15.2. The molecule has 0 bridgehead atoms. The summed E-state index contributed by atoms with van der Waals surface area (Å²) in [5, 5.41) is 2.75. The summed E-state index contributed by atoms with van der Waals surface area (Å²) in [6.07, 6.45) is 0.447. The number of aldehydes is 1. The molecule has 0 saturated heterocycles. The van der Waals surface area contributed by atoms with Gasteiger partial charge in [0.1, 0.15) is 23.5 Å². The van der Waals surface area contributed by atoms with Crippen LogP contribution in [0.3, 0.4) is 0 Å². The van der Waals surface area contributed by atoms with Gasteiger partial charge in [-0.05, 0) is 45.4 Å². The molecule has 2 atom stereocenters. The number of hydrogen-bond acceptors (Lipinski definition) is 3. The van der Waals surface area contributed by atoms with Crippen molar-refractivity contribution in [3.8, 4) is 11.5 Å². The van der Waals surface area contributed by atoms with Crippen molar-refractivity contribution in [3.63, 3.8) is 0 Å². The fourth-order valence-electron chi connectivity index (χ4n) is 6.10. The van der Waals surface area contributed by atoms with Gasteiger partial charge >= 0.3 is 0 Å². The highest BCUT2D eigenvalue weighted by molar-refractivity contribution is 7.67. The molecule has 2 aliphatic rings. The minimum atomic E-state index is -0.575. The summed E-state index contributed by atoms with van der Waals surface area (Å²) in [6, 6.07) is 12.9. The van der Waals surface area contributed by atoms with Crippen molar-refractivity contribution in [1.82, 2.24) is 0 Å². The van der Waals surface area contributed by atoms with Crippen LogP contribution in [0.25, 0.3) is 0 Å². The van der Waals surface area contributed by atoms with Crippen LogP contribution in [0.4, 0.5) is 0 Å². The highest BCUT2D eigenvalue weighted by Gasteiger charge is 2.58. The van der Waals surface area contributed by atoms with Gasteiger partial charge in [0.15, 0.2) is 12.4 Å². The number of fused-ring (bicyclic) bond motifs is 4. The lowest BCUT2D eigenvalue weighted by molar-refractivity contribution is -0.115. The van der Waals surface area contributed by atoms with Gasteiger partial charge in [-0.3, -0.25) is 4.79 Å². The summed E-state index contributed by atoms with van der Waals surface area (Å²) in [5.41, 5.74) is 4.01. The first-order chi connectivity index (χ1) is 15.6. The maximum atomic E-state index is 12.6. The molecule has 1 spiro atoms. The van der Waals surface area contributed by atoms with Crippen LogP contribution in [0, 0.1) is 0 Å². The van der Waals surface area contributed by atoms with Gasteiger partial charge < -0.3 is 9.47 Å². The van der Waals surface area contributed by atoms with Crippen molar-refractivity contribution in [2.75, 3.05) is 6.61 Å². The van der Waals surface area contributed by atoms with Crippen LogP contribution in [0.1, 0.15) is 66.5 Å². The Bertz CT molecular complexity index is 977. The number of benzene rings is 2. The van der Waals surface area contributed by atoms with Gasteiger partial charge in [-0.2, -0.15) is 0 Å². The summed E-state index contributed by atoms with van der Waals surface area (Å²) in [6.45, 7) is 19.1. The van der Waals surface area contributed by atoms with Crippen LogP contribution in [-0.4, -0.2) is 41.6 Å². The van der Waals surface area contributed by atoms with E-state index in [1.807, 2.05) is 6.07 Å². The third-order valence-electron chi connectivity index (χ3n) is 7.00. The Morgan fingerprint density at radius 1 is 0.788 bits per heavy atom. The summed E-state index contributed by atoms with van der Waals surface area (Å²) in [5.74, 6) is 1.79. The highest BCUT2D eigenvalue weighted by Crippen LogP contribution is 2.59. The topological polar surface area (TPSA) is 35.5 Å². The van der Waals surface area contributed by atoms with Gasteiger partial charge in [0, 0.05) is 11.1 Å². The average molecular weight is 485 g/mol. The molecule has 178 valence electrons. The van der Waals surface area contributed by atoms with Gasteiger partial charge in [-0.15, -0.1) is 0 Å². The third kappa shape index (κ3) is 3.84. The molecule has 2 aliphatic heterocycles. The van der Waals surface area contributed by atoms with Gasteiger partial charge in [0.25, 0.3) is 0 Å². The molecule has 5 heteroatoms. The predicted octanol–water partition coefficient (Wildman–Crippen LogP) is 6.17. The Labute approximate surface area is 202 Å². The zero-order valence-corrected chi connectivity index (χ0v) is 23.0. The molecule has 2 heterocycles. The third-order valence-corrected chi connectivity index (χ3v) is 13.3. The lowest BCUT2D eigenvalue weighted by Crippen LogP contribution is -2.46. The second kappa shape index (κ2) is 9.31. The van der Waals surface area contributed by atoms with Crippen molar-refractivity contribution < 1.29 is 14.3 Å². The molecular formula is C28H38O3P2. The molecule has 2 aromatic carbocycles. The summed E-state index contributed by atoms with van der Waals surface area (Å²) >= 11 is 0. The Balaban J connectivity index is 2.05. The van der Waals surface area contributed by atoms with Crippen LogP contribution >= 0.6 is 15.8 Å². The molecular weight excluding hydrogens is 446 g/mol. The smallest absolute Gasteiger partial charge is 0.171 e. The number of ether oxygens (including phenoxy) is 2. The molecule has 0 radical (unpaired) electrons. The lowest BCUT2D eigenvalue weighted by atomic mass is 9.73. The van der Waals surface area contributed by atoms with E-state index in [-0.39, 0.29) is 0 Å².